The van der Waals surface area contributed by atoms with Gasteiger partial charge in [0, 0.05) is 7.05 Å². The summed E-state index contributed by atoms with van der Waals surface area (Å²) in [5.41, 5.74) is 0. The Balaban J connectivity index is 2.25. The highest BCUT2D eigenvalue weighted by molar-refractivity contribution is 7.89. The molecule has 1 fully saturated rings. The quantitative estimate of drug-likeness (QED) is 0.907. The fourth-order valence-electron chi connectivity index (χ4n) is 2.45. The topological polar surface area (TPSA) is 57.6 Å². The van der Waals surface area contributed by atoms with Crippen molar-refractivity contribution in [2.75, 3.05) is 7.05 Å². The van der Waals surface area contributed by atoms with Gasteiger partial charge in [0.25, 0.3) is 0 Å². The van der Waals surface area contributed by atoms with Crippen LogP contribution in [0.5, 0.6) is 0 Å². The molecule has 0 aromatic heterocycles. The molecule has 5 heteroatoms. The molecule has 1 aliphatic carbocycles. The molecule has 0 aliphatic heterocycles. The van der Waals surface area contributed by atoms with Gasteiger partial charge in [-0.05, 0) is 25.0 Å². The van der Waals surface area contributed by atoms with E-state index in [2.05, 4.69) is 0 Å². The standard InChI is InChI=1S/C13H19NO3S/c1-14(12-9-5-6-10-13(12)15)18(16,17)11-7-3-2-4-8-11/h2-4,7-8,12-13,15H,5-6,9-10H2,1H3/t12-,13+/m1/s1. The third-order valence-electron chi connectivity index (χ3n) is 3.58. The summed E-state index contributed by atoms with van der Waals surface area (Å²) in [5.74, 6) is 0. The normalized spacial score (nSPS) is 25.3. The summed E-state index contributed by atoms with van der Waals surface area (Å²) in [4.78, 5) is 0.283. The zero-order valence-electron chi connectivity index (χ0n) is 10.5. The lowest BCUT2D eigenvalue weighted by Crippen LogP contribution is -2.46. The number of likely N-dealkylation sites (N-methyl/N-ethyl adjacent to an activating group) is 1. The van der Waals surface area contributed by atoms with Gasteiger partial charge in [0.1, 0.15) is 0 Å². The van der Waals surface area contributed by atoms with Crippen LogP contribution in [0.15, 0.2) is 35.2 Å². The van der Waals surface area contributed by atoms with Gasteiger partial charge in [0.05, 0.1) is 17.0 Å². The van der Waals surface area contributed by atoms with E-state index in [-0.39, 0.29) is 10.9 Å². The van der Waals surface area contributed by atoms with Crippen LogP contribution in [0.1, 0.15) is 25.7 Å². The van der Waals surface area contributed by atoms with Gasteiger partial charge in [-0.2, -0.15) is 4.31 Å². The first-order valence-electron chi connectivity index (χ1n) is 6.24. The molecule has 0 radical (unpaired) electrons. The Labute approximate surface area is 108 Å². The van der Waals surface area contributed by atoms with E-state index in [0.717, 1.165) is 19.3 Å². The van der Waals surface area contributed by atoms with Gasteiger partial charge in [-0.15, -0.1) is 0 Å². The zero-order valence-corrected chi connectivity index (χ0v) is 11.3. The Kier molecular flexibility index (Phi) is 4.04. The lowest BCUT2D eigenvalue weighted by molar-refractivity contribution is 0.0638. The van der Waals surface area contributed by atoms with Crippen molar-refractivity contribution in [3.63, 3.8) is 0 Å². The van der Waals surface area contributed by atoms with Crippen molar-refractivity contribution in [3.05, 3.63) is 30.3 Å². The highest BCUT2D eigenvalue weighted by atomic mass is 32.2. The average molecular weight is 269 g/mol. The van der Waals surface area contributed by atoms with Crippen LogP contribution in [-0.2, 0) is 10.0 Å². The Morgan fingerprint density at radius 2 is 1.78 bits per heavy atom. The second-order valence-electron chi connectivity index (χ2n) is 4.75. The molecule has 1 N–H and O–H groups in total. The number of hydrogen-bond donors (Lipinski definition) is 1. The lowest BCUT2D eigenvalue weighted by Gasteiger charge is -2.34. The molecule has 1 aliphatic rings. The smallest absolute Gasteiger partial charge is 0.243 e. The Bertz CT molecular complexity index is 486. The fourth-order valence-corrected chi connectivity index (χ4v) is 3.89. The van der Waals surface area contributed by atoms with Crippen LogP contribution in [0.25, 0.3) is 0 Å². The number of rotatable bonds is 3. The van der Waals surface area contributed by atoms with E-state index >= 15 is 0 Å². The summed E-state index contributed by atoms with van der Waals surface area (Å²) >= 11 is 0. The number of hydrogen-bond acceptors (Lipinski definition) is 3. The highest BCUT2D eigenvalue weighted by Crippen LogP contribution is 2.26. The minimum absolute atomic E-state index is 0.283. The summed E-state index contributed by atoms with van der Waals surface area (Å²) in [6.07, 6.45) is 2.79. The largest absolute Gasteiger partial charge is 0.391 e. The van der Waals surface area contributed by atoms with Crippen molar-refractivity contribution in [2.45, 2.75) is 42.7 Å². The predicted octanol–water partition coefficient (Wildman–Crippen LogP) is 1.61. The molecule has 100 valence electrons. The molecule has 1 aromatic rings. The summed E-state index contributed by atoms with van der Waals surface area (Å²) in [7, 11) is -1.94. The van der Waals surface area contributed by atoms with E-state index in [0.29, 0.717) is 6.42 Å². The number of sulfonamides is 1. The van der Waals surface area contributed by atoms with E-state index in [4.69, 9.17) is 0 Å². The van der Waals surface area contributed by atoms with Gasteiger partial charge < -0.3 is 5.11 Å². The van der Waals surface area contributed by atoms with Gasteiger partial charge in [-0.25, -0.2) is 8.42 Å². The van der Waals surface area contributed by atoms with E-state index in [1.807, 2.05) is 0 Å². The van der Waals surface area contributed by atoms with E-state index in [1.165, 1.54) is 4.31 Å². The molecule has 0 unspecified atom stereocenters. The number of aliphatic hydroxyl groups excluding tert-OH is 1. The zero-order chi connectivity index (χ0) is 13.2. The van der Waals surface area contributed by atoms with Crippen LogP contribution >= 0.6 is 0 Å². The first kappa shape index (κ1) is 13.5. The van der Waals surface area contributed by atoms with Crippen molar-refractivity contribution in [3.8, 4) is 0 Å². The lowest BCUT2D eigenvalue weighted by atomic mass is 9.93. The second kappa shape index (κ2) is 5.38. The molecule has 0 saturated heterocycles. The van der Waals surface area contributed by atoms with E-state index in [1.54, 1.807) is 37.4 Å². The first-order valence-corrected chi connectivity index (χ1v) is 7.68. The molecular formula is C13H19NO3S. The molecule has 0 heterocycles. The van der Waals surface area contributed by atoms with Crippen LogP contribution in [0, 0.1) is 0 Å². The predicted molar refractivity (Wildman–Crippen MR) is 69.7 cm³/mol. The van der Waals surface area contributed by atoms with E-state index in [9.17, 15) is 13.5 Å². The van der Waals surface area contributed by atoms with Crippen molar-refractivity contribution in [1.29, 1.82) is 0 Å². The molecule has 18 heavy (non-hydrogen) atoms. The molecule has 4 nitrogen and oxygen atoms in total. The Morgan fingerprint density at radius 1 is 1.17 bits per heavy atom. The number of nitrogens with zero attached hydrogens (tertiary/aromatic N) is 1. The Morgan fingerprint density at radius 3 is 2.39 bits per heavy atom. The maximum absolute atomic E-state index is 12.4. The molecule has 2 atom stereocenters. The molecule has 2 rings (SSSR count). The van der Waals surface area contributed by atoms with Crippen molar-refractivity contribution < 1.29 is 13.5 Å². The minimum Gasteiger partial charge on any atom is -0.391 e. The van der Waals surface area contributed by atoms with Gasteiger partial charge in [-0.3, -0.25) is 0 Å². The molecule has 0 amide bonds. The highest BCUT2D eigenvalue weighted by Gasteiger charge is 2.33. The number of benzene rings is 1. The Hall–Kier alpha value is -0.910. The van der Waals surface area contributed by atoms with Crippen LogP contribution in [0.4, 0.5) is 0 Å². The maximum atomic E-state index is 12.4. The molecule has 1 aromatic carbocycles. The average Bonchev–Trinajstić information content (AvgIpc) is 2.39. The minimum atomic E-state index is -3.50. The molecular weight excluding hydrogens is 250 g/mol. The van der Waals surface area contributed by atoms with Gasteiger partial charge in [0.2, 0.25) is 10.0 Å². The summed E-state index contributed by atoms with van der Waals surface area (Å²) in [6.45, 7) is 0. The van der Waals surface area contributed by atoms with Gasteiger partial charge in [-0.1, -0.05) is 31.0 Å². The fraction of sp³-hybridized carbons (Fsp3) is 0.538. The van der Waals surface area contributed by atoms with Crippen LogP contribution in [0.2, 0.25) is 0 Å². The van der Waals surface area contributed by atoms with Crippen LogP contribution in [-0.4, -0.2) is 37.0 Å². The third-order valence-corrected chi connectivity index (χ3v) is 5.48. The summed E-state index contributed by atoms with van der Waals surface area (Å²) in [5, 5.41) is 9.94. The van der Waals surface area contributed by atoms with Crippen LogP contribution < -0.4 is 0 Å². The van der Waals surface area contributed by atoms with Crippen molar-refractivity contribution >= 4 is 10.0 Å². The summed E-state index contributed by atoms with van der Waals surface area (Å²) in [6, 6.07) is 8.07. The second-order valence-corrected chi connectivity index (χ2v) is 6.75. The SMILES string of the molecule is CN([C@@H]1CCCC[C@@H]1O)S(=O)(=O)c1ccccc1. The van der Waals surface area contributed by atoms with E-state index < -0.39 is 16.1 Å². The number of aliphatic hydroxyl groups is 1. The summed E-state index contributed by atoms with van der Waals surface area (Å²) < 4.78 is 26.1. The van der Waals surface area contributed by atoms with Gasteiger partial charge >= 0.3 is 0 Å². The van der Waals surface area contributed by atoms with Crippen LogP contribution in [0.3, 0.4) is 0 Å². The van der Waals surface area contributed by atoms with Crippen molar-refractivity contribution in [1.82, 2.24) is 4.31 Å². The van der Waals surface area contributed by atoms with Gasteiger partial charge in [0.15, 0.2) is 0 Å². The van der Waals surface area contributed by atoms with Crippen molar-refractivity contribution in [2.24, 2.45) is 0 Å². The molecule has 0 bridgehead atoms. The first-order chi connectivity index (χ1) is 8.53. The monoisotopic (exact) mass is 269 g/mol. The molecule has 1 saturated carbocycles. The maximum Gasteiger partial charge on any atom is 0.243 e. The third kappa shape index (κ3) is 2.58. The molecule has 0 spiro atoms.